The average molecular weight is 286 g/mol. The highest BCUT2D eigenvalue weighted by Crippen LogP contribution is 1.99. The number of hydrogen-bond acceptors (Lipinski definition) is 3. The Hall–Kier alpha value is -0.100. The van der Waals surface area contributed by atoms with Gasteiger partial charge < -0.3 is 15.4 Å². The molecule has 0 spiro atoms. The molecule has 1 aliphatic heterocycles. The Morgan fingerprint density at radius 2 is 2.43 bits per heavy atom. The molecule has 0 aliphatic carbocycles. The average Bonchev–Trinajstić information content (AvgIpc) is 2.15. The summed E-state index contributed by atoms with van der Waals surface area (Å²) in [5.74, 6) is -0.0900. The molecule has 82 valence electrons. The number of ether oxygens (including phenoxy) is 1. The van der Waals surface area contributed by atoms with Gasteiger partial charge in [0.25, 0.3) is 5.91 Å². The molecular weight excluding hydrogens is 271 g/mol. The monoisotopic (exact) mass is 284 g/mol. The Morgan fingerprint density at radius 3 is 2.93 bits per heavy atom. The topological polar surface area (TPSA) is 50.4 Å². The van der Waals surface area contributed by atoms with Gasteiger partial charge in [0.1, 0.15) is 6.10 Å². The van der Waals surface area contributed by atoms with Gasteiger partial charge in [-0.3, -0.25) is 4.79 Å². The van der Waals surface area contributed by atoms with E-state index in [4.69, 9.17) is 4.74 Å². The molecule has 0 aromatic carbocycles. The van der Waals surface area contributed by atoms with Gasteiger partial charge in [-0.25, -0.2) is 0 Å². The number of rotatable bonds is 3. The molecule has 1 amide bonds. The number of amides is 1. The normalized spacial score (nSPS) is 20.8. The van der Waals surface area contributed by atoms with Gasteiger partial charge in [-0.15, -0.1) is 12.4 Å². The van der Waals surface area contributed by atoms with Crippen LogP contribution >= 0.6 is 28.3 Å². The lowest BCUT2D eigenvalue weighted by atomic mass is 10.3. The highest BCUT2D eigenvalue weighted by atomic mass is 79.9. The molecule has 0 saturated carbocycles. The van der Waals surface area contributed by atoms with E-state index in [9.17, 15) is 4.79 Å². The minimum absolute atomic E-state index is 0. The summed E-state index contributed by atoms with van der Waals surface area (Å²) >= 11 is 3.16. The van der Waals surface area contributed by atoms with Crippen molar-refractivity contribution in [1.29, 1.82) is 0 Å². The Morgan fingerprint density at radius 1 is 1.71 bits per heavy atom. The van der Waals surface area contributed by atoms with Gasteiger partial charge in [-0.2, -0.15) is 0 Å². The second-order valence-corrected chi connectivity index (χ2v) is 3.92. The van der Waals surface area contributed by atoms with Crippen molar-refractivity contribution in [2.75, 3.05) is 26.2 Å². The lowest BCUT2D eigenvalue weighted by Gasteiger charge is -2.22. The molecule has 0 bridgehead atoms. The van der Waals surface area contributed by atoms with E-state index in [-0.39, 0.29) is 24.4 Å². The third-order valence-electron chi connectivity index (χ3n) is 1.67. The van der Waals surface area contributed by atoms with E-state index in [1.165, 1.54) is 0 Å². The van der Waals surface area contributed by atoms with Crippen molar-refractivity contribution in [3.8, 4) is 0 Å². The summed E-state index contributed by atoms with van der Waals surface area (Å²) in [6.45, 7) is 6.05. The highest BCUT2D eigenvalue weighted by Gasteiger charge is 2.20. The predicted molar refractivity (Wildman–Crippen MR) is 60.9 cm³/mol. The van der Waals surface area contributed by atoms with Crippen LogP contribution in [0.3, 0.4) is 0 Å². The van der Waals surface area contributed by atoms with Crippen LogP contribution < -0.4 is 10.6 Å². The third-order valence-corrected chi connectivity index (χ3v) is 1.95. The number of carbonyl (C=O) groups excluding carboxylic acids is 1. The Bertz CT molecular complexity index is 208. The molecule has 0 aromatic rings. The van der Waals surface area contributed by atoms with Crippen molar-refractivity contribution in [2.24, 2.45) is 0 Å². The van der Waals surface area contributed by atoms with Crippen LogP contribution in [0, 0.1) is 0 Å². The summed E-state index contributed by atoms with van der Waals surface area (Å²) in [5, 5.41) is 5.78. The number of morpholine rings is 1. The Kier molecular flexibility index (Phi) is 7.17. The first-order valence-electron chi connectivity index (χ1n) is 4.13. The molecule has 14 heavy (non-hydrogen) atoms. The molecule has 1 aliphatic rings. The van der Waals surface area contributed by atoms with E-state index < -0.39 is 0 Å². The van der Waals surface area contributed by atoms with Crippen LogP contribution in [0.5, 0.6) is 0 Å². The molecule has 4 nitrogen and oxygen atoms in total. The number of carbonyl (C=O) groups is 1. The van der Waals surface area contributed by atoms with E-state index in [1.54, 1.807) is 0 Å². The molecule has 1 fully saturated rings. The number of halogens is 2. The van der Waals surface area contributed by atoms with Crippen LogP contribution in [0.1, 0.15) is 0 Å². The van der Waals surface area contributed by atoms with Crippen LogP contribution in [0.15, 0.2) is 11.1 Å². The van der Waals surface area contributed by atoms with Gasteiger partial charge in [-0.1, -0.05) is 22.5 Å². The number of hydrogen-bond donors (Lipinski definition) is 2. The van der Waals surface area contributed by atoms with Gasteiger partial charge in [0.15, 0.2) is 0 Å². The van der Waals surface area contributed by atoms with Crippen LogP contribution in [0.2, 0.25) is 0 Å². The zero-order chi connectivity index (χ0) is 9.68. The van der Waals surface area contributed by atoms with Crippen LogP contribution in [-0.2, 0) is 9.53 Å². The summed E-state index contributed by atoms with van der Waals surface area (Å²) in [4.78, 5) is 11.4. The minimum Gasteiger partial charge on any atom is -0.366 e. The lowest BCUT2D eigenvalue weighted by Crippen LogP contribution is -2.48. The fraction of sp³-hybridized carbons (Fsp3) is 0.625. The van der Waals surface area contributed by atoms with Crippen molar-refractivity contribution in [3.63, 3.8) is 0 Å². The second kappa shape index (κ2) is 7.23. The first kappa shape index (κ1) is 13.9. The van der Waals surface area contributed by atoms with Crippen molar-refractivity contribution in [1.82, 2.24) is 10.6 Å². The molecule has 0 aromatic heterocycles. The summed E-state index contributed by atoms with van der Waals surface area (Å²) in [6, 6.07) is 0. The van der Waals surface area contributed by atoms with E-state index >= 15 is 0 Å². The van der Waals surface area contributed by atoms with Crippen molar-refractivity contribution < 1.29 is 9.53 Å². The molecule has 1 saturated heterocycles. The smallest absolute Gasteiger partial charge is 0.250 e. The van der Waals surface area contributed by atoms with Crippen LogP contribution in [0.4, 0.5) is 0 Å². The largest absolute Gasteiger partial charge is 0.366 e. The zero-order valence-corrected chi connectivity index (χ0v) is 10.1. The lowest BCUT2D eigenvalue weighted by molar-refractivity contribution is -0.133. The molecule has 6 heteroatoms. The first-order chi connectivity index (χ1) is 6.20. The zero-order valence-electron chi connectivity index (χ0n) is 7.72. The van der Waals surface area contributed by atoms with Crippen LogP contribution in [0.25, 0.3) is 0 Å². The molecule has 1 heterocycles. The molecule has 0 radical (unpaired) electrons. The Balaban J connectivity index is 0.00000169. The summed E-state index contributed by atoms with van der Waals surface area (Å²) in [7, 11) is 0. The fourth-order valence-electron chi connectivity index (χ4n) is 1.03. The van der Waals surface area contributed by atoms with Crippen LogP contribution in [-0.4, -0.2) is 38.3 Å². The van der Waals surface area contributed by atoms with Crippen molar-refractivity contribution in [2.45, 2.75) is 6.10 Å². The van der Waals surface area contributed by atoms with Gasteiger partial charge in [0.2, 0.25) is 0 Å². The molecule has 1 unspecified atom stereocenters. The summed E-state index contributed by atoms with van der Waals surface area (Å²) in [5.41, 5.74) is 0. The quantitative estimate of drug-likeness (QED) is 0.790. The molecular formula is C8H14BrClN2O2. The number of nitrogens with one attached hydrogen (secondary N) is 2. The highest BCUT2D eigenvalue weighted by molar-refractivity contribution is 9.11. The Labute approximate surface area is 98.0 Å². The molecule has 1 rings (SSSR count). The van der Waals surface area contributed by atoms with E-state index in [0.29, 0.717) is 19.7 Å². The minimum atomic E-state index is -0.361. The van der Waals surface area contributed by atoms with E-state index in [1.807, 2.05) is 0 Å². The second-order valence-electron chi connectivity index (χ2n) is 2.80. The third kappa shape index (κ3) is 4.95. The summed E-state index contributed by atoms with van der Waals surface area (Å²) in [6.07, 6.45) is -0.361. The maximum absolute atomic E-state index is 11.4. The standard InChI is InChI=1S/C8H13BrN2O2.ClH/c1-6(9)4-11-8(12)7-5-10-2-3-13-7;/h7,10H,1-5H2,(H,11,12);1H. The van der Waals surface area contributed by atoms with Gasteiger partial charge in [0, 0.05) is 24.1 Å². The van der Waals surface area contributed by atoms with Crippen molar-refractivity contribution >= 4 is 34.2 Å². The summed E-state index contributed by atoms with van der Waals surface area (Å²) < 4.78 is 6.01. The van der Waals surface area contributed by atoms with E-state index in [2.05, 4.69) is 33.1 Å². The van der Waals surface area contributed by atoms with Gasteiger partial charge in [0.05, 0.1) is 6.61 Å². The predicted octanol–water partition coefficient (Wildman–Crippen LogP) is 0.421. The SMILES string of the molecule is C=C(Br)CNC(=O)C1CNCCO1.Cl. The maximum Gasteiger partial charge on any atom is 0.250 e. The van der Waals surface area contributed by atoms with Crippen molar-refractivity contribution in [3.05, 3.63) is 11.1 Å². The molecule has 1 atom stereocenters. The first-order valence-corrected chi connectivity index (χ1v) is 4.93. The van der Waals surface area contributed by atoms with E-state index in [0.717, 1.165) is 11.0 Å². The maximum atomic E-state index is 11.4. The fourth-order valence-corrected chi connectivity index (χ4v) is 1.17. The van der Waals surface area contributed by atoms with Gasteiger partial charge in [-0.05, 0) is 0 Å². The van der Waals surface area contributed by atoms with Gasteiger partial charge >= 0.3 is 0 Å². The molecule has 2 N–H and O–H groups in total.